The minimum atomic E-state index is -3.30. The monoisotopic (exact) mass is 218 g/mol. The Bertz CT molecular complexity index is 264. The lowest BCUT2D eigenvalue weighted by atomic mass is 10.2. The van der Waals surface area contributed by atoms with Crippen LogP contribution in [-0.2, 0) is 13.8 Å². The van der Waals surface area contributed by atoms with Gasteiger partial charge in [-0.2, -0.15) is 4.52 Å². The van der Waals surface area contributed by atoms with Crippen LogP contribution in [0, 0.1) is 0 Å². The zero-order valence-electron chi connectivity index (χ0n) is 8.65. The van der Waals surface area contributed by atoms with E-state index in [1.807, 2.05) is 6.92 Å². The van der Waals surface area contributed by atoms with Crippen molar-refractivity contribution in [2.24, 2.45) is 0 Å². The van der Waals surface area contributed by atoms with Crippen molar-refractivity contribution in [3.05, 3.63) is 11.4 Å². The highest BCUT2D eigenvalue weighted by Crippen LogP contribution is 2.65. The largest absolute Gasteiger partial charge is 0.627 e. The first-order valence-electron chi connectivity index (χ1n) is 4.69. The fourth-order valence-electron chi connectivity index (χ4n) is 1.31. The molecule has 0 aromatic heterocycles. The van der Waals surface area contributed by atoms with E-state index in [1.165, 1.54) is 6.92 Å². The van der Waals surface area contributed by atoms with Crippen molar-refractivity contribution in [1.29, 1.82) is 0 Å². The molecular weight excluding hydrogens is 203 g/mol. The lowest BCUT2D eigenvalue weighted by Crippen LogP contribution is -2.18. The molecule has 0 saturated carbocycles. The Balaban J connectivity index is 2.88. The number of carbonyl (C=O) groups is 1. The number of hydrogen-bond acceptors (Lipinski definition) is 4. The second kappa shape index (κ2) is 4.49. The zero-order valence-corrected chi connectivity index (χ0v) is 9.54. The van der Waals surface area contributed by atoms with Crippen molar-refractivity contribution in [3.8, 4) is 0 Å². The molecule has 0 aromatic rings. The molecular formula is C9H15O4P. The van der Waals surface area contributed by atoms with Crippen LogP contribution >= 0.6 is 7.94 Å². The van der Waals surface area contributed by atoms with Gasteiger partial charge in [-0.1, -0.05) is 6.92 Å². The molecule has 80 valence electrons. The summed E-state index contributed by atoms with van der Waals surface area (Å²) in [4.78, 5) is 23.2. The van der Waals surface area contributed by atoms with Gasteiger partial charge in [0, 0.05) is 13.0 Å². The molecule has 0 radical (unpaired) electrons. The standard InChI is InChI=1S/C9H15O4P/c1-4-8-6-9(7(3)10)14(11,13-8)12-5-2/h6,8H,4-5H2,1-3H3. The van der Waals surface area contributed by atoms with Crippen molar-refractivity contribution < 1.29 is 18.7 Å². The third-order valence-corrected chi connectivity index (χ3v) is 4.18. The first-order chi connectivity index (χ1) is 6.53. The maximum atomic E-state index is 12.0. The van der Waals surface area contributed by atoms with Gasteiger partial charge < -0.3 is 4.89 Å². The van der Waals surface area contributed by atoms with Crippen molar-refractivity contribution in [3.63, 3.8) is 0 Å². The summed E-state index contributed by atoms with van der Waals surface area (Å²) in [5, 5.41) is 0.200. The molecule has 1 aliphatic rings. The molecule has 1 heterocycles. The van der Waals surface area contributed by atoms with Crippen LogP contribution in [-0.4, -0.2) is 18.5 Å². The van der Waals surface area contributed by atoms with E-state index in [0.29, 0.717) is 6.42 Å². The number of hydrogen-bond donors (Lipinski definition) is 0. The number of Topliss-reactive ketones (excluding diaryl/α,β-unsaturated/α-hetero) is 1. The highest BCUT2D eigenvalue weighted by Gasteiger charge is 2.46. The summed E-state index contributed by atoms with van der Waals surface area (Å²) in [5.74, 6) is -0.238. The topological polar surface area (TPSA) is 58.6 Å². The van der Waals surface area contributed by atoms with E-state index < -0.39 is 7.94 Å². The van der Waals surface area contributed by atoms with E-state index in [-0.39, 0.29) is 23.8 Å². The maximum Gasteiger partial charge on any atom is 0.275 e. The van der Waals surface area contributed by atoms with Crippen molar-refractivity contribution in [1.82, 2.24) is 0 Å². The first kappa shape index (κ1) is 11.8. The summed E-state index contributed by atoms with van der Waals surface area (Å²) < 4.78 is 10.3. The van der Waals surface area contributed by atoms with E-state index in [1.54, 1.807) is 13.0 Å². The molecule has 0 spiro atoms. The number of rotatable bonds is 4. The summed E-state index contributed by atoms with van der Waals surface area (Å²) in [5.41, 5.74) is 0. The molecule has 0 amide bonds. The van der Waals surface area contributed by atoms with Gasteiger partial charge in [0.1, 0.15) is 6.10 Å². The fraction of sp³-hybridized carbons (Fsp3) is 0.667. The summed E-state index contributed by atoms with van der Waals surface area (Å²) in [6.45, 7) is 5.28. The lowest BCUT2D eigenvalue weighted by Gasteiger charge is -2.23. The van der Waals surface area contributed by atoms with Crippen LogP contribution in [0.4, 0.5) is 0 Å². The van der Waals surface area contributed by atoms with Crippen molar-refractivity contribution >= 4 is 13.7 Å². The number of ketones is 1. The molecule has 1 aliphatic heterocycles. The molecule has 5 heteroatoms. The minimum Gasteiger partial charge on any atom is -0.627 e. The summed E-state index contributed by atoms with van der Waals surface area (Å²) in [7, 11) is -3.30. The Kier molecular flexibility index (Phi) is 3.78. The van der Waals surface area contributed by atoms with Gasteiger partial charge in [0.2, 0.25) is 0 Å². The molecule has 0 N–H and O–H groups in total. The summed E-state index contributed by atoms with van der Waals surface area (Å²) in [6, 6.07) is 0. The van der Waals surface area contributed by atoms with Crippen LogP contribution in [0.5, 0.6) is 0 Å². The summed E-state index contributed by atoms with van der Waals surface area (Å²) >= 11 is 0. The average molecular weight is 218 g/mol. The van der Waals surface area contributed by atoms with Crippen molar-refractivity contribution in [2.45, 2.75) is 33.3 Å². The molecule has 1 rings (SSSR count). The van der Waals surface area contributed by atoms with E-state index in [4.69, 9.17) is 9.05 Å². The smallest absolute Gasteiger partial charge is 0.275 e. The number of allylic oxidation sites excluding steroid dienone is 1. The Morgan fingerprint density at radius 2 is 2.36 bits per heavy atom. The van der Waals surface area contributed by atoms with Crippen LogP contribution in [0.3, 0.4) is 0 Å². The van der Waals surface area contributed by atoms with Gasteiger partial charge >= 0.3 is 0 Å². The predicted octanol–water partition coefficient (Wildman–Crippen LogP) is 1.43. The molecule has 14 heavy (non-hydrogen) atoms. The summed E-state index contributed by atoms with van der Waals surface area (Å²) in [6.07, 6.45) is 2.04. The normalized spacial score (nSPS) is 31.7. The Morgan fingerprint density at radius 3 is 2.79 bits per heavy atom. The average Bonchev–Trinajstić information content (AvgIpc) is 2.43. The Labute approximate surface area is 84.5 Å². The Hall–Kier alpha value is -0.280. The molecule has 0 aliphatic carbocycles. The molecule has 0 aromatic carbocycles. The van der Waals surface area contributed by atoms with Crippen LogP contribution in [0.15, 0.2) is 11.4 Å². The van der Waals surface area contributed by atoms with E-state index in [0.717, 1.165) is 0 Å². The maximum absolute atomic E-state index is 12.0. The van der Waals surface area contributed by atoms with Gasteiger partial charge in [-0.05, 0) is 13.3 Å². The Morgan fingerprint density at radius 1 is 1.71 bits per heavy atom. The first-order valence-corrected chi connectivity index (χ1v) is 6.24. The lowest BCUT2D eigenvalue weighted by molar-refractivity contribution is -0.215. The van der Waals surface area contributed by atoms with Gasteiger partial charge in [-0.15, -0.1) is 0 Å². The molecule has 4 nitrogen and oxygen atoms in total. The number of carbonyl (C=O) groups excluding carboxylic acids is 1. The molecule has 0 bridgehead atoms. The highest BCUT2D eigenvalue weighted by atomic mass is 31.2. The second-order valence-corrected chi connectivity index (χ2v) is 5.02. The van der Waals surface area contributed by atoms with E-state index in [2.05, 4.69) is 0 Å². The van der Waals surface area contributed by atoms with Gasteiger partial charge in [0.15, 0.2) is 11.1 Å². The highest BCUT2D eigenvalue weighted by molar-refractivity contribution is 7.65. The van der Waals surface area contributed by atoms with E-state index in [9.17, 15) is 9.69 Å². The van der Waals surface area contributed by atoms with Gasteiger partial charge in [-0.25, -0.2) is 4.52 Å². The second-order valence-electron chi connectivity index (χ2n) is 3.08. The quantitative estimate of drug-likeness (QED) is 0.670. The predicted molar refractivity (Wildman–Crippen MR) is 52.5 cm³/mol. The fourth-order valence-corrected chi connectivity index (χ4v) is 3.26. The molecule has 0 saturated heterocycles. The van der Waals surface area contributed by atoms with Gasteiger partial charge in [0.05, 0.1) is 6.61 Å². The minimum absolute atomic E-state index is 0.200. The van der Waals surface area contributed by atoms with Crippen LogP contribution in [0.1, 0.15) is 27.2 Å². The van der Waals surface area contributed by atoms with Crippen LogP contribution < -0.4 is 4.89 Å². The van der Waals surface area contributed by atoms with Gasteiger partial charge in [0.25, 0.3) is 7.94 Å². The van der Waals surface area contributed by atoms with Crippen LogP contribution in [0.2, 0.25) is 0 Å². The van der Waals surface area contributed by atoms with Crippen LogP contribution in [0.25, 0.3) is 0 Å². The molecule has 2 atom stereocenters. The van der Waals surface area contributed by atoms with E-state index >= 15 is 0 Å². The third kappa shape index (κ3) is 2.20. The third-order valence-electron chi connectivity index (χ3n) is 1.98. The molecule has 2 unspecified atom stereocenters. The zero-order chi connectivity index (χ0) is 10.8. The SMILES string of the molecule is CCO[P+]1([O-])OC(CC)C=C1C(C)=O. The molecule has 0 fully saturated rings. The van der Waals surface area contributed by atoms with Gasteiger partial charge in [-0.3, -0.25) is 4.79 Å². The van der Waals surface area contributed by atoms with Crippen molar-refractivity contribution in [2.75, 3.05) is 6.61 Å².